The average molecular weight is 397 g/mol. The van der Waals surface area contributed by atoms with E-state index in [1.807, 2.05) is 27.7 Å². The molecule has 1 atom stereocenters. The second-order valence-electron chi connectivity index (χ2n) is 8.01. The predicted molar refractivity (Wildman–Crippen MR) is 109 cm³/mol. The Bertz CT molecular complexity index is 596. The van der Waals surface area contributed by atoms with E-state index >= 15 is 0 Å². The van der Waals surface area contributed by atoms with Gasteiger partial charge in [-0.25, -0.2) is 0 Å². The number of fused-ring (bicyclic) bond motifs is 1. The van der Waals surface area contributed by atoms with Gasteiger partial charge in [0.25, 0.3) is 0 Å². The van der Waals surface area contributed by atoms with E-state index in [1.165, 1.54) is 5.56 Å². The first-order chi connectivity index (χ1) is 12.7. The summed E-state index contributed by atoms with van der Waals surface area (Å²) in [5.74, 6) is 0.285. The van der Waals surface area contributed by atoms with Crippen LogP contribution in [0.15, 0.2) is 18.2 Å². The van der Waals surface area contributed by atoms with E-state index in [9.17, 15) is 0 Å². The number of aryl methyl sites for hydroxylation is 1. The lowest BCUT2D eigenvalue weighted by atomic mass is 9.85. The van der Waals surface area contributed by atoms with Crippen LogP contribution in [0.2, 0.25) is 6.04 Å². The number of hydrogen-bond acceptors (Lipinski definition) is 5. The molecule has 0 N–H and O–H groups in total. The molecule has 2 rings (SSSR count). The highest BCUT2D eigenvalue weighted by molar-refractivity contribution is 6.60. The average Bonchev–Trinajstić information content (AvgIpc) is 2.60. The van der Waals surface area contributed by atoms with E-state index in [4.69, 9.17) is 22.8 Å². The zero-order valence-electron chi connectivity index (χ0n) is 18.0. The molecule has 0 saturated carbocycles. The number of hydrogen-bond donors (Lipinski definition) is 0. The SMILES string of the molecule is CCO[Si](CCc1ccc2c(c1)COC(C)(C(C)(C)C)O2)(OCC)OCC. The van der Waals surface area contributed by atoms with Crippen LogP contribution in [0.1, 0.15) is 59.6 Å². The fourth-order valence-electron chi connectivity index (χ4n) is 3.12. The van der Waals surface area contributed by atoms with Gasteiger partial charge in [-0.05, 0) is 44.9 Å². The molecule has 1 aliphatic heterocycles. The fraction of sp³-hybridized carbons (Fsp3) is 0.714. The molecule has 6 heteroatoms. The molecule has 0 saturated heterocycles. The third kappa shape index (κ3) is 5.33. The van der Waals surface area contributed by atoms with Gasteiger partial charge in [0.05, 0.1) is 6.61 Å². The van der Waals surface area contributed by atoms with Crippen molar-refractivity contribution in [3.63, 3.8) is 0 Å². The molecule has 0 fully saturated rings. The topological polar surface area (TPSA) is 46.2 Å². The summed E-state index contributed by atoms with van der Waals surface area (Å²) in [5, 5.41) is 0. The van der Waals surface area contributed by atoms with Gasteiger partial charge in [0.2, 0.25) is 5.79 Å². The first-order valence-corrected chi connectivity index (χ1v) is 12.0. The van der Waals surface area contributed by atoms with Crippen molar-refractivity contribution in [2.24, 2.45) is 5.41 Å². The Kier molecular flexibility index (Phi) is 7.50. The highest BCUT2D eigenvalue weighted by Crippen LogP contribution is 2.41. The van der Waals surface area contributed by atoms with Crippen molar-refractivity contribution in [1.82, 2.24) is 0 Å². The molecule has 1 aliphatic rings. The lowest BCUT2D eigenvalue weighted by Gasteiger charge is -2.44. The van der Waals surface area contributed by atoms with Crippen molar-refractivity contribution in [2.45, 2.75) is 73.3 Å². The van der Waals surface area contributed by atoms with Crippen LogP contribution in [0, 0.1) is 5.41 Å². The third-order valence-electron chi connectivity index (χ3n) is 5.11. The van der Waals surface area contributed by atoms with Crippen LogP contribution in [0.4, 0.5) is 0 Å². The molecule has 0 radical (unpaired) electrons. The summed E-state index contributed by atoms with van der Waals surface area (Å²) in [6.07, 6.45) is 0.843. The third-order valence-corrected chi connectivity index (χ3v) is 8.16. The van der Waals surface area contributed by atoms with Crippen LogP contribution < -0.4 is 4.74 Å². The standard InChI is InChI=1S/C21H36O5Si/c1-8-23-27(24-9-2,25-10-3)14-13-17-11-12-19-18(15-17)16-22-21(7,26-19)20(4,5)6/h11-12,15H,8-10,13-14,16H2,1-7H3. The molecule has 0 aliphatic carbocycles. The summed E-state index contributed by atoms with van der Waals surface area (Å²) in [4.78, 5) is 0. The van der Waals surface area contributed by atoms with Crippen LogP contribution in [0.3, 0.4) is 0 Å². The largest absolute Gasteiger partial charge is 0.501 e. The van der Waals surface area contributed by atoms with Crippen molar-refractivity contribution < 1.29 is 22.8 Å². The summed E-state index contributed by atoms with van der Waals surface area (Å²) in [6.45, 7) is 16.7. The van der Waals surface area contributed by atoms with E-state index in [2.05, 4.69) is 39.0 Å². The Balaban J connectivity index is 2.11. The van der Waals surface area contributed by atoms with Gasteiger partial charge in [-0.2, -0.15) is 0 Å². The van der Waals surface area contributed by atoms with Crippen LogP contribution in [0.5, 0.6) is 5.75 Å². The normalized spacial score (nSPS) is 20.3. The van der Waals surface area contributed by atoms with Gasteiger partial charge >= 0.3 is 8.80 Å². The number of ether oxygens (including phenoxy) is 2. The van der Waals surface area contributed by atoms with E-state index in [1.54, 1.807) is 0 Å². The number of rotatable bonds is 9. The minimum atomic E-state index is -2.62. The molecule has 27 heavy (non-hydrogen) atoms. The molecule has 1 aromatic carbocycles. The van der Waals surface area contributed by atoms with Crippen molar-refractivity contribution in [2.75, 3.05) is 19.8 Å². The molecule has 0 spiro atoms. The van der Waals surface area contributed by atoms with Crippen LogP contribution >= 0.6 is 0 Å². The van der Waals surface area contributed by atoms with Gasteiger partial charge in [-0.3, -0.25) is 0 Å². The highest BCUT2D eigenvalue weighted by atomic mass is 28.4. The van der Waals surface area contributed by atoms with E-state index < -0.39 is 14.6 Å². The maximum absolute atomic E-state index is 6.21. The van der Waals surface area contributed by atoms with E-state index in [0.29, 0.717) is 26.4 Å². The van der Waals surface area contributed by atoms with Gasteiger partial charge in [0.15, 0.2) is 0 Å². The first-order valence-electron chi connectivity index (χ1n) is 10.0. The number of benzene rings is 1. The monoisotopic (exact) mass is 396 g/mol. The second-order valence-corrected chi connectivity index (χ2v) is 10.7. The summed E-state index contributed by atoms with van der Waals surface area (Å²) < 4.78 is 30.2. The van der Waals surface area contributed by atoms with Gasteiger partial charge in [-0.1, -0.05) is 26.8 Å². The van der Waals surface area contributed by atoms with Crippen molar-refractivity contribution >= 4 is 8.80 Å². The Labute approximate surface area is 165 Å². The molecule has 154 valence electrons. The van der Waals surface area contributed by atoms with Gasteiger partial charge in [-0.15, -0.1) is 0 Å². The summed E-state index contributed by atoms with van der Waals surface area (Å²) in [6, 6.07) is 7.11. The van der Waals surface area contributed by atoms with E-state index in [0.717, 1.165) is 23.8 Å². The predicted octanol–water partition coefficient (Wildman–Crippen LogP) is 4.95. The summed E-state index contributed by atoms with van der Waals surface area (Å²) >= 11 is 0. The quantitative estimate of drug-likeness (QED) is 0.553. The van der Waals surface area contributed by atoms with Gasteiger partial charge < -0.3 is 22.8 Å². The van der Waals surface area contributed by atoms with Crippen LogP contribution in [0.25, 0.3) is 0 Å². The smallest absolute Gasteiger partial charge is 0.462 e. The fourth-order valence-corrected chi connectivity index (χ4v) is 5.72. The van der Waals surface area contributed by atoms with Crippen molar-refractivity contribution in [3.8, 4) is 5.75 Å². The molecule has 1 heterocycles. The summed E-state index contributed by atoms with van der Waals surface area (Å²) in [7, 11) is -2.62. The Morgan fingerprint density at radius 3 is 2.15 bits per heavy atom. The van der Waals surface area contributed by atoms with E-state index in [-0.39, 0.29) is 5.41 Å². The molecule has 0 aromatic heterocycles. The highest BCUT2D eigenvalue weighted by Gasteiger charge is 2.44. The molecule has 0 amide bonds. The van der Waals surface area contributed by atoms with Crippen molar-refractivity contribution in [3.05, 3.63) is 29.3 Å². The van der Waals surface area contributed by atoms with Crippen LogP contribution in [-0.4, -0.2) is 34.4 Å². The molecule has 1 unspecified atom stereocenters. The lowest BCUT2D eigenvalue weighted by molar-refractivity contribution is -0.249. The summed E-state index contributed by atoms with van der Waals surface area (Å²) in [5.41, 5.74) is 2.20. The molecule has 1 aromatic rings. The molecular weight excluding hydrogens is 360 g/mol. The minimum absolute atomic E-state index is 0.110. The minimum Gasteiger partial charge on any atom is -0.462 e. The maximum Gasteiger partial charge on any atom is 0.501 e. The molecule has 5 nitrogen and oxygen atoms in total. The van der Waals surface area contributed by atoms with Crippen LogP contribution in [-0.2, 0) is 31.0 Å². The molecular formula is C21H36O5Si. The lowest BCUT2D eigenvalue weighted by Crippen LogP contribution is -2.49. The zero-order chi connectivity index (χ0) is 20.1. The maximum atomic E-state index is 6.21. The Hall–Kier alpha value is -0.923. The van der Waals surface area contributed by atoms with Gasteiger partial charge in [0, 0.05) is 43.8 Å². The molecule has 0 bridgehead atoms. The Morgan fingerprint density at radius 1 is 1.04 bits per heavy atom. The first kappa shape index (κ1) is 22.4. The Morgan fingerprint density at radius 2 is 1.63 bits per heavy atom. The second kappa shape index (κ2) is 9.05. The zero-order valence-corrected chi connectivity index (χ0v) is 19.0. The van der Waals surface area contributed by atoms with Crippen molar-refractivity contribution in [1.29, 1.82) is 0 Å². The van der Waals surface area contributed by atoms with Gasteiger partial charge in [0.1, 0.15) is 5.75 Å².